The van der Waals surface area contributed by atoms with Gasteiger partial charge in [-0.05, 0) is 76.6 Å². The summed E-state index contributed by atoms with van der Waals surface area (Å²) < 4.78 is 7.70. The second kappa shape index (κ2) is 10.9. The number of hydrogen-bond acceptors (Lipinski definition) is 1. The molecule has 0 aromatic heterocycles. The first-order valence-corrected chi connectivity index (χ1v) is 16.8. The number of fused-ring (bicyclic) bond motifs is 1. The zero-order valence-electron chi connectivity index (χ0n) is 24.9. The maximum absolute atomic E-state index is 7.70. The van der Waals surface area contributed by atoms with Crippen LogP contribution < -0.4 is 10.4 Å². The highest BCUT2D eigenvalue weighted by Crippen LogP contribution is 2.62. The third-order valence-electron chi connectivity index (χ3n) is 10.4. The fraction of sp³-hybridized carbons (Fsp3) is 0.600. The van der Waals surface area contributed by atoms with E-state index >= 15 is 0 Å². The Morgan fingerprint density at radius 2 is 1.49 bits per heavy atom. The Balaban J connectivity index is 1.78. The fourth-order valence-electron chi connectivity index (χ4n) is 8.66. The number of benzene rings is 2. The van der Waals surface area contributed by atoms with Crippen molar-refractivity contribution in [3.05, 3.63) is 72.8 Å². The number of allylic oxidation sites excluding steroid dienone is 1. The van der Waals surface area contributed by atoms with Gasteiger partial charge in [-0.15, -0.1) is 0 Å². The second-order valence-corrected chi connectivity index (χ2v) is 18.4. The van der Waals surface area contributed by atoms with Crippen LogP contribution >= 0.6 is 0 Å². The molecule has 2 heteroatoms. The fourth-order valence-corrected chi connectivity index (χ4v) is 13.3. The molecule has 2 aliphatic rings. The molecule has 0 heterocycles. The summed E-state index contributed by atoms with van der Waals surface area (Å²) in [4.78, 5) is 0. The normalized spacial score (nSPS) is 29.1. The first-order valence-electron chi connectivity index (χ1n) is 14.9. The standard InChI is InChI=1S/C35H52OSi/c1-9-17-28(26-31-27(2)22-23-32-34(6,7)24-16-25-35(31,32)8)36-37(33(3,4)5,29-18-12-10-13-19-29)30-20-14-11-15-21-30/h9-15,17-21,27-28,31-32H,16,22-26H2,1-8H3/b17-9+/t27-,28-,31?,32-,35+/m0/s1. The Kier molecular flexibility index (Phi) is 8.32. The van der Waals surface area contributed by atoms with E-state index in [1.807, 2.05) is 0 Å². The minimum absolute atomic E-state index is 0.00696. The number of rotatable bonds is 7. The van der Waals surface area contributed by atoms with E-state index in [1.165, 1.54) is 42.5 Å². The Bertz CT molecular complexity index is 994. The van der Waals surface area contributed by atoms with E-state index in [-0.39, 0.29) is 11.1 Å². The lowest BCUT2D eigenvalue weighted by Gasteiger charge is -2.59. The van der Waals surface area contributed by atoms with Crippen LogP contribution in [0, 0.1) is 28.6 Å². The number of hydrogen-bond donors (Lipinski definition) is 0. The van der Waals surface area contributed by atoms with Crippen LogP contribution in [0.3, 0.4) is 0 Å². The van der Waals surface area contributed by atoms with Crippen LogP contribution in [0.4, 0.5) is 0 Å². The Morgan fingerprint density at radius 1 is 0.919 bits per heavy atom. The molecule has 0 aliphatic heterocycles. The van der Waals surface area contributed by atoms with Gasteiger partial charge in [0.25, 0.3) is 8.32 Å². The highest BCUT2D eigenvalue weighted by molar-refractivity contribution is 6.99. The lowest BCUT2D eigenvalue weighted by molar-refractivity contribution is -0.102. The molecule has 2 aliphatic carbocycles. The van der Waals surface area contributed by atoms with Crippen molar-refractivity contribution in [2.45, 2.75) is 105 Å². The summed E-state index contributed by atoms with van der Waals surface area (Å²) in [5.74, 6) is 2.24. The predicted octanol–water partition coefficient (Wildman–Crippen LogP) is 8.78. The Morgan fingerprint density at radius 3 is 2.00 bits per heavy atom. The highest BCUT2D eigenvalue weighted by Gasteiger charge is 2.55. The molecule has 1 nitrogen and oxygen atoms in total. The molecule has 0 radical (unpaired) electrons. The maximum atomic E-state index is 7.70. The van der Waals surface area contributed by atoms with Gasteiger partial charge in [-0.25, -0.2) is 0 Å². The predicted molar refractivity (Wildman–Crippen MR) is 163 cm³/mol. The molecule has 0 N–H and O–H groups in total. The Labute approximate surface area is 229 Å². The van der Waals surface area contributed by atoms with E-state index in [2.05, 4.69) is 128 Å². The van der Waals surface area contributed by atoms with Crippen LogP contribution in [-0.2, 0) is 4.43 Å². The van der Waals surface area contributed by atoms with Gasteiger partial charge in [-0.1, -0.05) is 134 Å². The van der Waals surface area contributed by atoms with Gasteiger partial charge in [0, 0.05) is 0 Å². The van der Waals surface area contributed by atoms with Crippen LogP contribution in [0.15, 0.2) is 72.8 Å². The van der Waals surface area contributed by atoms with Gasteiger partial charge in [-0.2, -0.15) is 0 Å². The molecule has 2 fully saturated rings. The van der Waals surface area contributed by atoms with Crippen LogP contribution in [0.25, 0.3) is 0 Å². The van der Waals surface area contributed by atoms with Gasteiger partial charge in [-0.3, -0.25) is 0 Å². The van der Waals surface area contributed by atoms with Crippen molar-refractivity contribution in [3.63, 3.8) is 0 Å². The summed E-state index contributed by atoms with van der Waals surface area (Å²) in [7, 11) is -2.60. The van der Waals surface area contributed by atoms with Gasteiger partial charge >= 0.3 is 0 Å². The quantitative estimate of drug-likeness (QED) is 0.264. The summed E-state index contributed by atoms with van der Waals surface area (Å²) in [6.07, 6.45) is 12.7. The summed E-state index contributed by atoms with van der Waals surface area (Å²) in [5, 5.41) is 2.75. The average Bonchev–Trinajstić information content (AvgIpc) is 2.84. The topological polar surface area (TPSA) is 9.23 Å². The monoisotopic (exact) mass is 516 g/mol. The van der Waals surface area contributed by atoms with Crippen molar-refractivity contribution in [2.24, 2.45) is 28.6 Å². The lowest BCUT2D eigenvalue weighted by atomic mass is 9.46. The van der Waals surface area contributed by atoms with Gasteiger partial charge < -0.3 is 4.43 Å². The van der Waals surface area contributed by atoms with Crippen molar-refractivity contribution < 1.29 is 4.43 Å². The molecule has 2 aromatic carbocycles. The van der Waals surface area contributed by atoms with E-state index in [0.29, 0.717) is 16.7 Å². The highest BCUT2D eigenvalue weighted by atomic mass is 28.4. The third kappa shape index (κ3) is 5.30. The van der Waals surface area contributed by atoms with Crippen LogP contribution in [-0.4, -0.2) is 14.4 Å². The lowest BCUT2D eigenvalue weighted by Crippen LogP contribution is -2.67. The molecule has 5 atom stereocenters. The molecule has 0 saturated heterocycles. The average molecular weight is 517 g/mol. The van der Waals surface area contributed by atoms with Gasteiger partial charge in [0.1, 0.15) is 0 Å². The van der Waals surface area contributed by atoms with Crippen molar-refractivity contribution in [2.75, 3.05) is 0 Å². The molecule has 0 bridgehead atoms. The van der Waals surface area contributed by atoms with Gasteiger partial charge in [0.05, 0.1) is 6.10 Å². The van der Waals surface area contributed by atoms with Crippen molar-refractivity contribution in [3.8, 4) is 0 Å². The molecule has 2 aromatic rings. The van der Waals surface area contributed by atoms with Crippen LogP contribution in [0.5, 0.6) is 0 Å². The van der Waals surface area contributed by atoms with E-state index in [4.69, 9.17) is 4.43 Å². The van der Waals surface area contributed by atoms with E-state index in [0.717, 1.165) is 18.3 Å². The molecular formula is C35H52OSi. The molecule has 202 valence electrons. The van der Waals surface area contributed by atoms with E-state index in [9.17, 15) is 0 Å². The summed E-state index contributed by atoms with van der Waals surface area (Å²) in [6, 6.07) is 22.3. The zero-order valence-corrected chi connectivity index (χ0v) is 25.9. The van der Waals surface area contributed by atoms with Crippen molar-refractivity contribution in [1.29, 1.82) is 0 Å². The molecule has 4 rings (SSSR count). The smallest absolute Gasteiger partial charge is 0.261 e. The Hall–Kier alpha value is -1.64. The zero-order chi connectivity index (χ0) is 26.9. The molecule has 2 saturated carbocycles. The largest absolute Gasteiger partial charge is 0.401 e. The minimum Gasteiger partial charge on any atom is -0.401 e. The van der Waals surface area contributed by atoms with Crippen molar-refractivity contribution >= 4 is 18.7 Å². The first-order chi connectivity index (χ1) is 17.5. The minimum atomic E-state index is -2.60. The maximum Gasteiger partial charge on any atom is 0.261 e. The van der Waals surface area contributed by atoms with E-state index in [1.54, 1.807) is 0 Å². The molecule has 37 heavy (non-hydrogen) atoms. The van der Waals surface area contributed by atoms with Gasteiger partial charge in [0.2, 0.25) is 0 Å². The molecular weight excluding hydrogens is 464 g/mol. The SMILES string of the molecule is C/C=C/[C@@H](CC1[C@@H](C)CC[C@H]2C(C)(C)CCC[C@]12C)O[Si](c1ccccc1)(c1ccccc1)C(C)(C)C. The second-order valence-electron chi connectivity index (χ2n) is 14.1. The summed E-state index contributed by atoms with van der Waals surface area (Å²) in [6.45, 7) is 19.6. The molecule has 0 spiro atoms. The van der Waals surface area contributed by atoms with Gasteiger partial charge in [0.15, 0.2) is 0 Å². The van der Waals surface area contributed by atoms with Crippen LogP contribution in [0.2, 0.25) is 5.04 Å². The van der Waals surface area contributed by atoms with Crippen LogP contribution in [0.1, 0.15) is 93.9 Å². The first kappa shape index (κ1) is 28.4. The van der Waals surface area contributed by atoms with Crippen molar-refractivity contribution in [1.82, 2.24) is 0 Å². The summed E-state index contributed by atoms with van der Waals surface area (Å²) >= 11 is 0. The third-order valence-corrected chi connectivity index (χ3v) is 15.4. The summed E-state index contributed by atoms with van der Waals surface area (Å²) in [5.41, 5.74) is 0.842. The molecule has 1 unspecified atom stereocenters. The van der Waals surface area contributed by atoms with E-state index < -0.39 is 8.32 Å². The molecule has 0 amide bonds.